The number of amides is 1. The SMILES string of the molecule is CCOC(=O)CCP(=O)(Oc1ccccc1)[C@@H](NC(=O)OCc1ccccc1)C(C)C. The van der Waals surface area contributed by atoms with Gasteiger partial charge in [0.15, 0.2) is 0 Å². The molecule has 2 aromatic carbocycles. The zero-order chi connectivity index (χ0) is 22.7. The lowest BCUT2D eigenvalue weighted by molar-refractivity contribution is -0.142. The minimum absolute atomic E-state index is 0.0669. The Morgan fingerprint density at radius 1 is 0.968 bits per heavy atom. The van der Waals surface area contributed by atoms with Crippen LogP contribution in [-0.4, -0.2) is 30.6 Å². The van der Waals surface area contributed by atoms with Crippen LogP contribution in [0.4, 0.5) is 4.79 Å². The standard InChI is InChI=1S/C23H30NO6P/c1-4-28-21(25)15-16-31(27,30-20-13-9-6-10-14-20)22(18(2)3)24-23(26)29-17-19-11-7-5-8-12-19/h5-14,18,22H,4,15-17H2,1-3H3,(H,24,26)/t22-,31?/m1/s1. The number of carbonyl (C=O) groups excluding carboxylic acids is 2. The first-order valence-electron chi connectivity index (χ1n) is 10.3. The predicted molar refractivity (Wildman–Crippen MR) is 119 cm³/mol. The van der Waals surface area contributed by atoms with Gasteiger partial charge in [0.1, 0.15) is 18.1 Å². The Hall–Kier alpha value is -2.79. The molecule has 1 unspecified atom stereocenters. The van der Waals surface area contributed by atoms with Gasteiger partial charge >= 0.3 is 12.1 Å². The van der Waals surface area contributed by atoms with Crippen molar-refractivity contribution < 1.29 is 28.2 Å². The lowest BCUT2D eigenvalue weighted by Crippen LogP contribution is -2.40. The van der Waals surface area contributed by atoms with Crippen molar-refractivity contribution in [2.75, 3.05) is 12.8 Å². The third kappa shape index (κ3) is 8.10. The molecule has 2 atom stereocenters. The van der Waals surface area contributed by atoms with Crippen LogP contribution in [0, 0.1) is 5.92 Å². The minimum Gasteiger partial charge on any atom is -0.466 e. The van der Waals surface area contributed by atoms with Gasteiger partial charge in [-0.25, -0.2) is 4.79 Å². The largest absolute Gasteiger partial charge is 0.466 e. The van der Waals surface area contributed by atoms with Crippen LogP contribution in [0.15, 0.2) is 60.7 Å². The molecule has 0 saturated heterocycles. The van der Waals surface area contributed by atoms with Crippen LogP contribution in [0.5, 0.6) is 5.75 Å². The van der Waals surface area contributed by atoms with Gasteiger partial charge in [-0.1, -0.05) is 62.4 Å². The maximum absolute atomic E-state index is 13.9. The summed E-state index contributed by atoms with van der Waals surface area (Å²) in [6, 6.07) is 18.0. The van der Waals surface area contributed by atoms with E-state index in [-0.39, 0.29) is 31.7 Å². The van der Waals surface area contributed by atoms with Crippen LogP contribution in [0.3, 0.4) is 0 Å². The Bertz CT molecular complexity index is 872. The van der Waals surface area contributed by atoms with E-state index in [0.29, 0.717) is 5.75 Å². The number of hydrogen-bond donors (Lipinski definition) is 1. The molecule has 1 N–H and O–H groups in total. The predicted octanol–water partition coefficient (Wildman–Crippen LogP) is 5.21. The number of para-hydroxylation sites is 1. The summed E-state index contributed by atoms with van der Waals surface area (Å²) in [5, 5.41) is 2.70. The van der Waals surface area contributed by atoms with E-state index in [4.69, 9.17) is 14.0 Å². The summed E-state index contributed by atoms with van der Waals surface area (Å²) in [5.41, 5.74) is 0.838. The summed E-state index contributed by atoms with van der Waals surface area (Å²) in [6.45, 7) is 5.69. The molecule has 0 radical (unpaired) electrons. The monoisotopic (exact) mass is 447 g/mol. The first kappa shape index (κ1) is 24.5. The third-order valence-corrected chi connectivity index (χ3v) is 7.41. The molecule has 0 aromatic heterocycles. The quantitative estimate of drug-likeness (QED) is 0.376. The van der Waals surface area contributed by atoms with Crippen molar-refractivity contribution in [3.63, 3.8) is 0 Å². The van der Waals surface area contributed by atoms with Gasteiger partial charge in [0.05, 0.1) is 13.0 Å². The van der Waals surface area contributed by atoms with E-state index in [9.17, 15) is 14.2 Å². The Kier molecular flexibility index (Phi) is 9.60. The fourth-order valence-electron chi connectivity index (χ4n) is 2.99. The summed E-state index contributed by atoms with van der Waals surface area (Å²) in [5.74, 6) is -1.14. The molecule has 2 rings (SSSR count). The zero-order valence-corrected chi connectivity index (χ0v) is 19.0. The fourth-order valence-corrected chi connectivity index (χ4v) is 5.65. The van der Waals surface area contributed by atoms with Gasteiger partial charge in [-0.05, 0) is 30.5 Å². The van der Waals surface area contributed by atoms with E-state index in [1.807, 2.05) is 50.2 Å². The molecule has 0 heterocycles. The topological polar surface area (TPSA) is 90.9 Å². The van der Waals surface area contributed by atoms with E-state index >= 15 is 0 Å². The van der Waals surface area contributed by atoms with Gasteiger partial charge in [0, 0.05) is 6.16 Å². The first-order valence-corrected chi connectivity index (χ1v) is 12.2. The lowest BCUT2D eigenvalue weighted by atomic mass is 10.2. The molecule has 1 amide bonds. The molecule has 0 spiro atoms. The van der Waals surface area contributed by atoms with Crippen molar-refractivity contribution in [1.29, 1.82) is 0 Å². The second-order valence-electron chi connectivity index (χ2n) is 7.30. The Balaban J connectivity index is 2.16. The van der Waals surface area contributed by atoms with Crippen LogP contribution in [0.1, 0.15) is 32.8 Å². The van der Waals surface area contributed by atoms with Gasteiger partial charge in [0.2, 0.25) is 0 Å². The molecule has 7 nitrogen and oxygen atoms in total. The number of hydrogen-bond acceptors (Lipinski definition) is 6. The highest BCUT2D eigenvalue weighted by Crippen LogP contribution is 2.53. The van der Waals surface area contributed by atoms with Crippen LogP contribution < -0.4 is 9.84 Å². The molecule has 168 valence electrons. The summed E-state index contributed by atoms with van der Waals surface area (Å²) in [4.78, 5) is 24.4. The summed E-state index contributed by atoms with van der Waals surface area (Å²) in [6.07, 6.45) is -0.847. The second kappa shape index (κ2) is 12.2. The Morgan fingerprint density at radius 3 is 2.16 bits per heavy atom. The van der Waals surface area contributed by atoms with Crippen LogP contribution in [-0.2, 0) is 25.4 Å². The number of rotatable bonds is 11. The van der Waals surface area contributed by atoms with Crippen molar-refractivity contribution in [3.8, 4) is 5.75 Å². The number of nitrogens with one attached hydrogen (secondary N) is 1. The number of benzene rings is 2. The molecule has 0 aliphatic heterocycles. The van der Waals surface area contributed by atoms with Crippen LogP contribution in [0.2, 0.25) is 0 Å². The molecule has 0 fully saturated rings. The molecule has 0 aliphatic rings. The minimum atomic E-state index is -3.55. The molecule has 2 aromatic rings. The van der Waals surface area contributed by atoms with Crippen LogP contribution in [0.25, 0.3) is 0 Å². The highest BCUT2D eigenvalue weighted by molar-refractivity contribution is 7.60. The number of ether oxygens (including phenoxy) is 2. The number of esters is 1. The zero-order valence-electron chi connectivity index (χ0n) is 18.2. The van der Waals surface area contributed by atoms with Gasteiger partial charge in [0.25, 0.3) is 7.37 Å². The Labute approximate surface area is 183 Å². The number of alkyl carbamates (subject to hydrolysis) is 1. The fraction of sp³-hybridized carbons (Fsp3) is 0.391. The average Bonchev–Trinajstić information content (AvgIpc) is 2.76. The second-order valence-corrected chi connectivity index (χ2v) is 9.94. The highest BCUT2D eigenvalue weighted by Gasteiger charge is 2.40. The number of carbonyl (C=O) groups is 2. The lowest BCUT2D eigenvalue weighted by Gasteiger charge is -2.31. The van der Waals surface area contributed by atoms with E-state index in [1.165, 1.54) is 0 Å². The summed E-state index contributed by atoms with van der Waals surface area (Å²) >= 11 is 0. The Morgan fingerprint density at radius 2 is 1.58 bits per heavy atom. The van der Waals surface area contributed by atoms with E-state index < -0.39 is 25.2 Å². The van der Waals surface area contributed by atoms with Gasteiger partial charge in [-0.3, -0.25) is 9.36 Å². The summed E-state index contributed by atoms with van der Waals surface area (Å²) in [7, 11) is -3.55. The van der Waals surface area contributed by atoms with Crippen LogP contribution >= 0.6 is 7.37 Å². The molecular formula is C23H30NO6P. The normalized spacial score (nSPS) is 13.7. The van der Waals surface area contributed by atoms with Crippen molar-refractivity contribution in [2.24, 2.45) is 5.92 Å². The van der Waals surface area contributed by atoms with Gasteiger partial charge in [-0.15, -0.1) is 0 Å². The first-order chi connectivity index (χ1) is 14.8. The van der Waals surface area contributed by atoms with E-state index in [1.54, 1.807) is 31.2 Å². The third-order valence-electron chi connectivity index (χ3n) is 4.47. The van der Waals surface area contributed by atoms with Crippen molar-refractivity contribution >= 4 is 19.4 Å². The maximum Gasteiger partial charge on any atom is 0.408 e. The highest BCUT2D eigenvalue weighted by atomic mass is 31.2. The molecule has 0 saturated carbocycles. The van der Waals surface area contributed by atoms with Crippen molar-refractivity contribution in [2.45, 2.75) is 39.6 Å². The van der Waals surface area contributed by atoms with Crippen molar-refractivity contribution in [1.82, 2.24) is 5.32 Å². The van der Waals surface area contributed by atoms with Crippen molar-refractivity contribution in [3.05, 3.63) is 66.2 Å². The molecular weight excluding hydrogens is 417 g/mol. The van der Waals surface area contributed by atoms with E-state index in [0.717, 1.165) is 5.56 Å². The molecule has 8 heteroatoms. The maximum atomic E-state index is 13.9. The average molecular weight is 447 g/mol. The van der Waals surface area contributed by atoms with Gasteiger partial charge in [-0.2, -0.15) is 0 Å². The van der Waals surface area contributed by atoms with E-state index in [2.05, 4.69) is 5.32 Å². The molecule has 31 heavy (non-hydrogen) atoms. The molecule has 0 bridgehead atoms. The summed E-state index contributed by atoms with van der Waals surface area (Å²) < 4.78 is 30.1. The smallest absolute Gasteiger partial charge is 0.408 e. The molecule has 0 aliphatic carbocycles. The van der Waals surface area contributed by atoms with Gasteiger partial charge < -0.3 is 19.3 Å².